The third kappa shape index (κ3) is 4.06. The van der Waals surface area contributed by atoms with Gasteiger partial charge < -0.3 is 9.64 Å². The van der Waals surface area contributed by atoms with E-state index in [1.54, 1.807) is 0 Å². The zero-order valence-corrected chi connectivity index (χ0v) is 15.3. The molecule has 2 fully saturated rings. The molecule has 26 heavy (non-hydrogen) atoms. The van der Waals surface area contributed by atoms with Crippen LogP contribution in [-0.4, -0.2) is 79.6 Å². The smallest absolute Gasteiger partial charge is 0.236 e. The van der Waals surface area contributed by atoms with Gasteiger partial charge >= 0.3 is 0 Å². The van der Waals surface area contributed by atoms with Gasteiger partial charge in [0.05, 0.1) is 19.8 Å². The van der Waals surface area contributed by atoms with Crippen molar-refractivity contribution in [3.8, 4) is 0 Å². The van der Waals surface area contributed by atoms with Gasteiger partial charge in [0.15, 0.2) is 0 Å². The fourth-order valence-corrected chi connectivity index (χ4v) is 3.88. The van der Waals surface area contributed by atoms with Gasteiger partial charge in [-0.1, -0.05) is 42.5 Å². The van der Waals surface area contributed by atoms with E-state index in [1.165, 1.54) is 16.3 Å². The first kappa shape index (κ1) is 17.5. The number of fused-ring (bicyclic) bond motifs is 1. The second-order valence-electron chi connectivity index (χ2n) is 7.18. The molecule has 138 valence electrons. The standard InChI is InChI=1S/C21H27N3O2/c25-21(17-23-12-14-26-15-13-23)24-10-8-22(9-11-24)16-19-6-3-5-18-4-1-2-7-20(18)19/h1-7H,8-17H2. The van der Waals surface area contributed by atoms with Crippen LogP contribution in [0.4, 0.5) is 0 Å². The minimum absolute atomic E-state index is 0.261. The van der Waals surface area contributed by atoms with Crippen LogP contribution in [0.25, 0.3) is 10.8 Å². The van der Waals surface area contributed by atoms with Crippen molar-refractivity contribution in [3.63, 3.8) is 0 Å². The summed E-state index contributed by atoms with van der Waals surface area (Å²) in [6.07, 6.45) is 0. The predicted octanol–water partition coefficient (Wildman–Crippen LogP) is 1.82. The molecule has 0 N–H and O–H groups in total. The molecular formula is C21H27N3O2. The van der Waals surface area contributed by atoms with Crippen molar-refractivity contribution in [2.45, 2.75) is 6.54 Å². The quantitative estimate of drug-likeness (QED) is 0.840. The Morgan fingerprint density at radius 2 is 1.58 bits per heavy atom. The van der Waals surface area contributed by atoms with Crippen LogP contribution in [-0.2, 0) is 16.1 Å². The van der Waals surface area contributed by atoms with Crippen molar-refractivity contribution in [1.82, 2.24) is 14.7 Å². The van der Waals surface area contributed by atoms with E-state index >= 15 is 0 Å². The summed E-state index contributed by atoms with van der Waals surface area (Å²) in [4.78, 5) is 19.2. The lowest BCUT2D eigenvalue weighted by molar-refractivity contribution is -0.135. The minimum Gasteiger partial charge on any atom is -0.379 e. The molecule has 0 unspecified atom stereocenters. The van der Waals surface area contributed by atoms with Crippen LogP contribution >= 0.6 is 0 Å². The molecule has 0 bridgehead atoms. The molecule has 4 rings (SSSR count). The summed E-state index contributed by atoms with van der Waals surface area (Å²) < 4.78 is 5.35. The molecule has 5 nitrogen and oxygen atoms in total. The molecule has 2 aliphatic rings. The number of nitrogens with zero attached hydrogens (tertiary/aromatic N) is 3. The summed E-state index contributed by atoms with van der Waals surface area (Å²) in [5.74, 6) is 0.261. The highest BCUT2D eigenvalue weighted by molar-refractivity contribution is 5.85. The Hall–Kier alpha value is -1.95. The van der Waals surface area contributed by atoms with E-state index < -0.39 is 0 Å². The number of carbonyl (C=O) groups excluding carboxylic acids is 1. The molecule has 5 heteroatoms. The molecule has 0 spiro atoms. The van der Waals surface area contributed by atoms with Crippen LogP contribution in [0, 0.1) is 0 Å². The molecule has 0 radical (unpaired) electrons. The van der Waals surface area contributed by atoms with Gasteiger partial charge in [0.1, 0.15) is 0 Å². The first-order chi connectivity index (χ1) is 12.8. The van der Waals surface area contributed by atoms with Crippen molar-refractivity contribution < 1.29 is 9.53 Å². The van der Waals surface area contributed by atoms with Gasteiger partial charge in [-0.15, -0.1) is 0 Å². The van der Waals surface area contributed by atoms with E-state index in [-0.39, 0.29) is 5.91 Å². The van der Waals surface area contributed by atoms with Crippen LogP contribution in [0.1, 0.15) is 5.56 Å². The molecule has 2 saturated heterocycles. The van der Waals surface area contributed by atoms with E-state index in [1.807, 2.05) is 4.90 Å². The normalized spacial score (nSPS) is 19.8. The average molecular weight is 353 g/mol. The van der Waals surface area contributed by atoms with Gasteiger partial charge in [-0.25, -0.2) is 0 Å². The summed E-state index contributed by atoms with van der Waals surface area (Å²) >= 11 is 0. The summed E-state index contributed by atoms with van der Waals surface area (Å²) in [7, 11) is 0. The number of carbonyl (C=O) groups is 1. The molecule has 2 heterocycles. The molecule has 0 saturated carbocycles. The maximum absolute atomic E-state index is 12.5. The second-order valence-corrected chi connectivity index (χ2v) is 7.18. The van der Waals surface area contributed by atoms with E-state index in [2.05, 4.69) is 52.3 Å². The number of rotatable bonds is 4. The average Bonchev–Trinajstić information content (AvgIpc) is 2.70. The Morgan fingerprint density at radius 3 is 2.38 bits per heavy atom. The van der Waals surface area contributed by atoms with Gasteiger partial charge in [0, 0.05) is 45.8 Å². The highest BCUT2D eigenvalue weighted by atomic mass is 16.5. The number of hydrogen-bond acceptors (Lipinski definition) is 4. The zero-order valence-electron chi connectivity index (χ0n) is 15.3. The molecule has 1 amide bonds. The lowest BCUT2D eigenvalue weighted by atomic mass is 10.0. The lowest BCUT2D eigenvalue weighted by Gasteiger charge is -2.36. The first-order valence-corrected chi connectivity index (χ1v) is 9.56. The zero-order chi connectivity index (χ0) is 17.8. The largest absolute Gasteiger partial charge is 0.379 e. The maximum Gasteiger partial charge on any atom is 0.236 e. The monoisotopic (exact) mass is 353 g/mol. The van der Waals surface area contributed by atoms with Crippen molar-refractivity contribution in [3.05, 3.63) is 48.0 Å². The summed E-state index contributed by atoms with van der Waals surface area (Å²) in [5.41, 5.74) is 1.37. The minimum atomic E-state index is 0.261. The fraction of sp³-hybridized carbons (Fsp3) is 0.476. The number of ether oxygens (including phenoxy) is 1. The predicted molar refractivity (Wildman–Crippen MR) is 103 cm³/mol. The van der Waals surface area contributed by atoms with Crippen LogP contribution < -0.4 is 0 Å². The topological polar surface area (TPSA) is 36.0 Å². The van der Waals surface area contributed by atoms with Gasteiger partial charge in [-0.2, -0.15) is 0 Å². The number of amides is 1. The number of piperazine rings is 1. The Kier molecular flexibility index (Phi) is 5.48. The van der Waals surface area contributed by atoms with Crippen LogP contribution in [0.5, 0.6) is 0 Å². The van der Waals surface area contributed by atoms with E-state index in [9.17, 15) is 4.79 Å². The Balaban J connectivity index is 1.31. The van der Waals surface area contributed by atoms with Crippen molar-refractivity contribution >= 4 is 16.7 Å². The molecule has 2 aromatic carbocycles. The molecule has 0 aromatic heterocycles. The Labute approximate surface area is 155 Å². The van der Waals surface area contributed by atoms with Crippen molar-refractivity contribution in [2.75, 3.05) is 59.0 Å². The van der Waals surface area contributed by atoms with Crippen molar-refractivity contribution in [2.24, 2.45) is 0 Å². The molecule has 0 aliphatic carbocycles. The van der Waals surface area contributed by atoms with Gasteiger partial charge in [-0.05, 0) is 16.3 Å². The highest BCUT2D eigenvalue weighted by Gasteiger charge is 2.23. The molecule has 0 atom stereocenters. The number of morpholine rings is 1. The summed E-state index contributed by atoms with van der Waals surface area (Å²) in [6, 6.07) is 15.1. The molecule has 2 aliphatic heterocycles. The van der Waals surface area contributed by atoms with Crippen molar-refractivity contribution in [1.29, 1.82) is 0 Å². The third-order valence-corrected chi connectivity index (χ3v) is 5.46. The third-order valence-electron chi connectivity index (χ3n) is 5.46. The SMILES string of the molecule is O=C(CN1CCOCC1)N1CCN(Cc2cccc3ccccc23)CC1. The van der Waals surface area contributed by atoms with E-state index in [0.29, 0.717) is 6.54 Å². The van der Waals surface area contributed by atoms with Gasteiger partial charge in [0.2, 0.25) is 5.91 Å². The Bertz CT molecular complexity index is 745. The van der Waals surface area contributed by atoms with Crippen LogP contribution in [0.2, 0.25) is 0 Å². The van der Waals surface area contributed by atoms with Gasteiger partial charge in [-0.3, -0.25) is 14.6 Å². The fourth-order valence-electron chi connectivity index (χ4n) is 3.88. The highest BCUT2D eigenvalue weighted by Crippen LogP contribution is 2.20. The van der Waals surface area contributed by atoms with Crippen LogP contribution in [0.3, 0.4) is 0 Å². The maximum atomic E-state index is 12.5. The second kappa shape index (κ2) is 8.16. The summed E-state index contributed by atoms with van der Waals surface area (Å²) in [5, 5.41) is 2.63. The van der Waals surface area contributed by atoms with Crippen LogP contribution in [0.15, 0.2) is 42.5 Å². The lowest BCUT2D eigenvalue weighted by Crippen LogP contribution is -2.51. The summed E-state index contributed by atoms with van der Waals surface area (Å²) in [6.45, 7) is 8.25. The number of benzene rings is 2. The molecule has 2 aromatic rings. The Morgan fingerprint density at radius 1 is 0.846 bits per heavy atom. The number of hydrogen-bond donors (Lipinski definition) is 0. The first-order valence-electron chi connectivity index (χ1n) is 9.56. The van der Waals surface area contributed by atoms with E-state index in [0.717, 1.165) is 59.0 Å². The van der Waals surface area contributed by atoms with Gasteiger partial charge in [0.25, 0.3) is 0 Å². The van der Waals surface area contributed by atoms with E-state index in [4.69, 9.17) is 4.74 Å². The molecular weight excluding hydrogens is 326 g/mol.